The molecule has 2 N–H and O–H groups in total. The van der Waals surface area contributed by atoms with Crippen LogP contribution in [0.1, 0.15) is 73.1 Å². The average Bonchev–Trinajstić information content (AvgIpc) is 3.34. The smallest absolute Gasteiger partial charge is 0.279 e. The summed E-state index contributed by atoms with van der Waals surface area (Å²) in [5.41, 5.74) is 11.6. The molecule has 2 aromatic heterocycles. The fourth-order valence-electron chi connectivity index (χ4n) is 4.51. The van der Waals surface area contributed by atoms with E-state index in [1.165, 1.54) is 11.3 Å². The quantitative estimate of drug-likeness (QED) is 0.688. The summed E-state index contributed by atoms with van der Waals surface area (Å²) in [5, 5.41) is 9.09. The predicted molar refractivity (Wildman–Crippen MR) is 113 cm³/mol. The lowest BCUT2D eigenvalue weighted by molar-refractivity contribution is 0.1000. The van der Waals surface area contributed by atoms with Crippen LogP contribution in [0.2, 0.25) is 0 Å². The average molecular weight is 406 g/mol. The van der Waals surface area contributed by atoms with Gasteiger partial charge in [-0.1, -0.05) is 19.0 Å². The second-order valence-electron chi connectivity index (χ2n) is 9.29. The van der Waals surface area contributed by atoms with Crippen LogP contribution in [0.5, 0.6) is 0 Å². The zero-order chi connectivity index (χ0) is 21.0. The van der Waals surface area contributed by atoms with Gasteiger partial charge in [-0.05, 0) is 74.1 Å². The molecule has 0 bridgehead atoms. The van der Waals surface area contributed by atoms with Crippen LogP contribution in [-0.2, 0) is 19.4 Å². The summed E-state index contributed by atoms with van der Waals surface area (Å²) < 4.78 is 7.76. The maximum absolute atomic E-state index is 11.6. The van der Waals surface area contributed by atoms with Gasteiger partial charge in [0.1, 0.15) is 0 Å². The third-order valence-electron chi connectivity index (χ3n) is 6.39. The Kier molecular flexibility index (Phi) is 4.31. The minimum atomic E-state index is -0.420. The highest BCUT2D eigenvalue weighted by Gasteiger charge is 2.33. The Morgan fingerprint density at radius 1 is 1.33 bits per heavy atom. The molecule has 0 unspecified atom stereocenters. The largest absolute Gasteiger partial charge is 0.366 e. The molecule has 1 fully saturated rings. The van der Waals surface area contributed by atoms with Gasteiger partial charge < -0.3 is 10.3 Å². The Morgan fingerprint density at radius 2 is 2.13 bits per heavy atom. The zero-order valence-electron chi connectivity index (χ0n) is 17.7. The number of rotatable bonds is 5. The molecule has 0 aliphatic heterocycles. The lowest BCUT2D eigenvalue weighted by atomic mass is 9.76. The highest BCUT2D eigenvalue weighted by atomic mass is 16.5. The first-order valence-corrected chi connectivity index (χ1v) is 10.7. The number of carbonyl (C=O) groups is 1. The number of hydrogen-bond donors (Lipinski definition) is 1. The van der Waals surface area contributed by atoms with E-state index in [0.29, 0.717) is 23.2 Å². The second kappa shape index (κ2) is 6.79. The van der Waals surface area contributed by atoms with Gasteiger partial charge in [0, 0.05) is 28.9 Å². The number of nitrogens with two attached hydrogens (primary N) is 1. The normalized spacial score (nSPS) is 17.7. The number of fused-ring (bicyclic) bond motifs is 1. The summed E-state index contributed by atoms with van der Waals surface area (Å²) in [6.07, 6.45) is 5.29. The molecule has 1 amide bonds. The maximum atomic E-state index is 11.6. The molecule has 30 heavy (non-hydrogen) atoms. The topological polar surface area (TPSA) is 99.8 Å². The molecular weight excluding hydrogens is 378 g/mol. The van der Waals surface area contributed by atoms with Gasteiger partial charge in [0.05, 0.1) is 0 Å². The van der Waals surface area contributed by atoms with Crippen LogP contribution in [0.4, 0.5) is 0 Å². The van der Waals surface area contributed by atoms with Gasteiger partial charge in [0.15, 0.2) is 5.69 Å². The molecule has 0 atom stereocenters. The summed E-state index contributed by atoms with van der Waals surface area (Å²) in [6.45, 7) is 7.55. The Labute approximate surface area is 175 Å². The molecule has 0 saturated heterocycles. The Balaban J connectivity index is 1.55. The molecular formula is C23H27N5O2. The number of amides is 1. The second-order valence-corrected chi connectivity index (χ2v) is 9.29. The van der Waals surface area contributed by atoms with Crippen molar-refractivity contribution in [2.45, 2.75) is 65.3 Å². The van der Waals surface area contributed by atoms with E-state index in [4.69, 9.17) is 20.3 Å². The van der Waals surface area contributed by atoms with E-state index in [2.05, 4.69) is 30.6 Å². The number of nitrogens with zero attached hydrogens (tertiary/aromatic N) is 4. The van der Waals surface area contributed by atoms with Crippen molar-refractivity contribution in [2.75, 3.05) is 0 Å². The summed E-state index contributed by atoms with van der Waals surface area (Å²) in [4.78, 5) is 16.3. The van der Waals surface area contributed by atoms with Crippen LogP contribution in [-0.4, -0.2) is 25.8 Å². The molecule has 1 saturated carbocycles. The van der Waals surface area contributed by atoms with Crippen LogP contribution >= 0.6 is 0 Å². The van der Waals surface area contributed by atoms with E-state index in [1.807, 2.05) is 12.1 Å². The van der Waals surface area contributed by atoms with Gasteiger partial charge in [-0.15, -0.1) is 0 Å². The summed E-state index contributed by atoms with van der Waals surface area (Å²) in [5.74, 6) is 1.01. The van der Waals surface area contributed by atoms with E-state index in [9.17, 15) is 4.79 Å². The SMILES string of the molecule is CCn1nc(-c2nc(-c3ccc(C(N)=O)cc3C3CC3)no2)c2c1CC(C)(C)CC2. The first kappa shape index (κ1) is 19.0. The van der Waals surface area contributed by atoms with Crippen LogP contribution in [0.25, 0.3) is 23.0 Å². The van der Waals surface area contributed by atoms with Gasteiger partial charge in [-0.3, -0.25) is 9.48 Å². The fraction of sp³-hybridized carbons (Fsp3) is 0.478. The summed E-state index contributed by atoms with van der Waals surface area (Å²) in [6, 6.07) is 5.49. The van der Waals surface area contributed by atoms with E-state index < -0.39 is 5.91 Å². The Morgan fingerprint density at radius 3 is 2.83 bits per heavy atom. The van der Waals surface area contributed by atoms with Gasteiger partial charge in [0.25, 0.3) is 5.89 Å². The van der Waals surface area contributed by atoms with Crippen molar-refractivity contribution < 1.29 is 9.32 Å². The molecule has 1 aromatic carbocycles. The van der Waals surface area contributed by atoms with Crippen molar-refractivity contribution in [2.24, 2.45) is 11.1 Å². The van der Waals surface area contributed by atoms with E-state index in [1.54, 1.807) is 6.07 Å². The first-order chi connectivity index (χ1) is 14.4. The number of benzene rings is 1. The minimum Gasteiger partial charge on any atom is -0.366 e. The number of hydrogen-bond acceptors (Lipinski definition) is 5. The molecule has 156 valence electrons. The van der Waals surface area contributed by atoms with Crippen molar-refractivity contribution in [1.29, 1.82) is 0 Å². The van der Waals surface area contributed by atoms with Gasteiger partial charge in [0.2, 0.25) is 11.7 Å². The molecule has 7 nitrogen and oxygen atoms in total. The van der Waals surface area contributed by atoms with Crippen molar-refractivity contribution in [1.82, 2.24) is 19.9 Å². The standard InChI is InChI=1S/C23H27N5O2/c1-4-28-18-12-23(2,3)10-9-16(18)19(26-28)22-25-21(27-30-22)15-8-7-14(20(24)29)11-17(15)13-5-6-13/h7-8,11,13H,4-6,9-10,12H2,1-3H3,(H2,24,29). The molecule has 2 aliphatic rings. The predicted octanol–water partition coefficient (Wildman–Crippen LogP) is 4.11. The minimum absolute atomic E-state index is 0.276. The van der Waals surface area contributed by atoms with Crippen LogP contribution in [0.15, 0.2) is 22.7 Å². The highest BCUT2D eigenvalue weighted by Crippen LogP contribution is 2.45. The third-order valence-corrected chi connectivity index (χ3v) is 6.39. The molecule has 2 heterocycles. The zero-order valence-corrected chi connectivity index (χ0v) is 17.7. The summed E-state index contributed by atoms with van der Waals surface area (Å²) >= 11 is 0. The number of carbonyl (C=O) groups excluding carboxylic acids is 1. The van der Waals surface area contributed by atoms with Crippen molar-refractivity contribution in [3.05, 3.63) is 40.6 Å². The number of aromatic nitrogens is 4. The highest BCUT2D eigenvalue weighted by molar-refractivity contribution is 5.93. The van der Waals surface area contributed by atoms with Gasteiger partial charge >= 0.3 is 0 Å². The first-order valence-electron chi connectivity index (χ1n) is 10.7. The monoisotopic (exact) mass is 405 g/mol. The van der Waals surface area contributed by atoms with Crippen LogP contribution in [0, 0.1) is 5.41 Å². The Hall–Kier alpha value is -2.96. The van der Waals surface area contributed by atoms with Crippen LogP contribution < -0.4 is 5.73 Å². The molecule has 7 heteroatoms. The van der Waals surface area contributed by atoms with Gasteiger partial charge in [-0.2, -0.15) is 10.1 Å². The Bertz CT molecular complexity index is 1140. The lowest BCUT2D eigenvalue weighted by Gasteiger charge is -2.30. The van der Waals surface area contributed by atoms with Gasteiger partial charge in [-0.25, -0.2) is 0 Å². The van der Waals surface area contributed by atoms with E-state index >= 15 is 0 Å². The third kappa shape index (κ3) is 3.22. The molecule has 5 rings (SSSR count). The maximum Gasteiger partial charge on any atom is 0.279 e. The molecule has 2 aliphatic carbocycles. The van der Waals surface area contributed by atoms with E-state index in [0.717, 1.165) is 55.5 Å². The number of aryl methyl sites for hydroxylation is 1. The van der Waals surface area contributed by atoms with Crippen molar-refractivity contribution in [3.8, 4) is 23.0 Å². The molecule has 0 spiro atoms. The van der Waals surface area contributed by atoms with Crippen LogP contribution in [0.3, 0.4) is 0 Å². The molecule has 3 aromatic rings. The van der Waals surface area contributed by atoms with Crippen molar-refractivity contribution >= 4 is 5.91 Å². The molecule has 0 radical (unpaired) electrons. The summed E-state index contributed by atoms with van der Waals surface area (Å²) in [7, 11) is 0. The number of primary amides is 1. The van der Waals surface area contributed by atoms with E-state index in [-0.39, 0.29) is 5.41 Å². The lowest BCUT2D eigenvalue weighted by Crippen LogP contribution is -2.24. The van der Waals surface area contributed by atoms with Crippen molar-refractivity contribution in [3.63, 3.8) is 0 Å². The fourth-order valence-corrected chi connectivity index (χ4v) is 4.51.